The Morgan fingerprint density at radius 3 is 2.85 bits per heavy atom. The maximum absolute atomic E-state index is 12.3. The molecular formula is C18H22N4O5. The number of amides is 1. The predicted octanol–water partition coefficient (Wildman–Crippen LogP) is 3.32. The number of likely N-dealkylation sites (tertiary alicyclic amines) is 1. The zero-order valence-corrected chi connectivity index (χ0v) is 15.5. The number of carbonyl (C=O) groups is 1. The molecule has 9 heteroatoms. The fourth-order valence-corrected chi connectivity index (χ4v) is 2.92. The van der Waals surface area contributed by atoms with Crippen molar-refractivity contribution >= 4 is 22.8 Å². The number of ether oxygens (including phenoxy) is 2. The van der Waals surface area contributed by atoms with E-state index in [9.17, 15) is 14.9 Å². The van der Waals surface area contributed by atoms with Gasteiger partial charge < -0.3 is 14.4 Å². The molecule has 1 saturated heterocycles. The molecule has 1 amide bonds. The van der Waals surface area contributed by atoms with Crippen LogP contribution in [0.1, 0.15) is 33.6 Å². The van der Waals surface area contributed by atoms with Crippen molar-refractivity contribution in [1.29, 1.82) is 0 Å². The average Bonchev–Trinajstić information content (AvgIpc) is 3.06. The van der Waals surface area contributed by atoms with Crippen molar-refractivity contribution in [3.05, 3.63) is 34.5 Å². The van der Waals surface area contributed by atoms with Crippen LogP contribution in [0.5, 0.6) is 5.88 Å². The Balaban J connectivity index is 1.66. The number of benzene rings is 1. The molecule has 0 N–H and O–H groups in total. The molecule has 1 aromatic carbocycles. The lowest BCUT2D eigenvalue weighted by Crippen LogP contribution is -2.42. The van der Waals surface area contributed by atoms with Gasteiger partial charge in [-0.1, -0.05) is 0 Å². The molecule has 144 valence electrons. The van der Waals surface area contributed by atoms with E-state index in [1.54, 1.807) is 4.90 Å². The number of nitrogens with zero attached hydrogens (tertiary/aromatic N) is 4. The van der Waals surface area contributed by atoms with Gasteiger partial charge in [0.15, 0.2) is 0 Å². The fourth-order valence-electron chi connectivity index (χ4n) is 2.92. The first-order valence-corrected chi connectivity index (χ1v) is 8.76. The number of aromatic nitrogens is 2. The van der Waals surface area contributed by atoms with Gasteiger partial charge in [0.1, 0.15) is 12.2 Å². The van der Waals surface area contributed by atoms with E-state index in [-0.39, 0.29) is 24.4 Å². The number of carbonyl (C=O) groups excluding carboxylic acids is 1. The van der Waals surface area contributed by atoms with Crippen LogP contribution in [-0.2, 0) is 4.74 Å². The highest BCUT2D eigenvalue weighted by molar-refractivity contribution is 5.77. The Morgan fingerprint density at radius 2 is 2.15 bits per heavy atom. The molecule has 0 spiro atoms. The molecule has 2 heterocycles. The first-order chi connectivity index (χ1) is 12.7. The highest BCUT2D eigenvalue weighted by Gasteiger charge is 2.32. The standard InChI is InChI=1S/C18H22N4O5/c1-18(2,3)27-17(23)21-8-4-5-13(21)11-26-16-10-19-15-9-12(22(24)25)6-7-14(15)20-16/h6-7,9-10,13H,4-5,8,11H2,1-3H3/t13-/m0/s1. The maximum atomic E-state index is 12.3. The highest BCUT2D eigenvalue weighted by Crippen LogP contribution is 2.23. The van der Waals surface area contributed by atoms with E-state index in [1.165, 1.54) is 24.4 Å². The van der Waals surface area contributed by atoms with Crippen LogP contribution in [0.4, 0.5) is 10.5 Å². The summed E-state index contributed by atoms with van der Waals surface area (Å²) in [4.78, 5) is 32.8. The topological polar surface area (TPSA) is 108 Å². The van der Waals surface area contributed by atoms with Gasteiger partial charge in [-0.05, 0) is 39.7 Å². The molecule has 0 unspecified atom stereocenters. The predicted molar refractivity (Wildman–Crippen MR) is 97.6 cm³/mol. The summed E-state index contributed by atoms with van der Waals surface area (Å²) in [5.41, 5.74) is 0.350. The van der Waals surface area contributed by atoms with E-state index in [0.29, 0.717) is 23.5 Å². The summed E-state index contributed by atoms with van der Waals surface area (Å²) < 4.78 is 11.2. The van der Waals surface area contributed by atoms with Crippen molar-refractivity contribution in [2.75, 3.05) is 13.2 Å². The van der Waals surface area contributed by atoms with E-state index in [0.717, 1.165) is 12.8 Å². The molecule has 0 radical (unpaired) electrons. The van der Waals surface area contributed by atoms with Crippen LogP contribution in [0.2, 0.25) is 0 Å². The zero-order valence-electron chi connectivity index (χ0n) is 15.5. The van der Waals surface area contributed by atoms with Gasteiger partial charge in [-0.25, -0.2) is 14.8 Å². The second kappa shape index (κ2) is 7.34. The Kier molecular flexibility index (Phi) is 5.11. The van der Waals surface area contributed by atoms with Crippen LogP contribution in [0, 0.1) is 10.1 Å². The summed E-state index contributed by atoms with van der Waals surface area (Å²) in [6.45, 7) is 6.42. The minimum atomic E-state index is -0.544. The van der Waals surface area contributed by atoms with E-state index < -0.39 is 10.5 Å². The third-order valence-electron chi connectivity index (χ3n) is 4.14. The smallest absolute Gasteiger partial charge is 0.410 e. The minimum Gasteiger partial charge on any atom is -0.474 e. The average molecular weight is 374 g/mol. The molecule has 0 aliphatic carbocycles. The monoisotopic (exact) mass is 374 g/mol. The number of nitro benzene ring substituents is 1. The van der Waals surface area contributed by atoms with Crippen LogP contribution in [-0.4, -0.2) is 50.7 Å². The number of hydrogen-bond acceptors (Lipinski definition) is 7. The minimum absolute atomic E-state index is 0.0376. The maximum Gasteiger partial charge on any atom is 0.410 e. The van der Waals surface area contributed by atoms with Gasteiger partial charge >= 0.3 is 6.09 Å². The zero-order chi connectivity index (χ0) is 19.6. The van der Waals surface area contributed by atoms with Crippen LogP contribution >= 0.6 is 0 Å². The number of fused-ring (bicyclic) bond motifs is 1. The van der Waals surface area contributed by atoms with Crippen molar-refractivity contribution in [3.63, 3.8) is 0 Å². The molecule has 9 nitrogen and oxygen atoms in total. The first-order valence-electron chi connectivity index (χ1n) is 8.76. The normalized spacial score (nSPS) is 17.1. The van der Waals surface area contributed by atoms with Gasteiger partial charge in [-0.2, -0.15) is 0 Å². The third-order valence-corrected chi connectivity index (χ3v) is 4.14. The molecule has 1 aliphatic heterocycles. The molecule has 0 saturated carbocycles. The Hall–Kier alpha value is -2.97. The van der Waals surface area contributed by atoms with Gasteiger partial charge in [0.25, 0.3) is 5.69 Å². The second-order valence-corrected chi connectivity index (χ2v) is 7.42. The largest absolute Gasteiger partial charge is 0.474 e. The van der Waals surface area contributed by atoms with Crippen molar-refractivity contribution in [1.82, 2.24) is 14.9 Å². The number of hydrogen-bond donors (Lipinski definition) is 0. The SMILES string of the molecule is CC(C)(C)OC(=O)N1CCC[C@H]1COc1cnc2cc([N+](=O)[O-])ccc2n1. The van der Waals surface area contributed by atoms with Crippen LogP contribution in [0.15, 0.2) is 24.4 Å². The number of nitro groups is 1. The van der Waals surface area contributed by atoms with Crippen LogP contribution in [0.3, 0.4) is 0 Å². The summed E-state index contributed by atoms with van der Waals surface area (Å²) in [6, 6.07) is 4.19. The fraction of sp³-hybridized carbons (Fsp3) is 0.500. The molecular weight excluding hydrogens is 352 g/mol. The van der Waals surface area contributed by atoms with E-state index in [4.69, 9.17) is 9.47 Å². The summed E-state index contributed by atoms with van der Waals surface area (Å²) >= 11 is 0. The lowest BCUT2D eigenvalue weighted by atomic mass is 10.2. The van der Waals surface area contributed by atoms with Crippen LogP contribution < -0.4 is 4.74 Å². The molecule has 1 aromatic heterocycles. The molecule has 3 rings (SSSR count). The molecule has 1 aliphatic rings. The van der Waals surface area contributed by atoms with Crippen LogP contribution in [0.25, 0.3) is 11.0 Å². The quantitative estimate of drug-likeness (QED) is 0.596. The van der Waals surface area contributed by atoms with Crippen molar-refractivity contribution < 1.29 is 19.2 Å². The van der Waals surface area contributed by atoms with E-state index >= 15 is 0 Å². The molecule has 2 aromatic rings. The molecule has 0 bridgehead atoms. The molecule has 1 atom stereocenters. The van der Waals surface area contributed by atoms with Gasteiger partial charge in [0.05, 0.1) is 28.2 Å². The van der Waals surface area contributed by atoms with Gasteiger partial charge in [0, 0.05) is 18.7 Å². The third kappa shape index (κ3) is 4.60. The Morgan fingerprint density at radius 1 is 1.37 bits per heavy atom. The Labute approximate surface area is 156 Å². The summed E-state index contributed by atoms with van der Waals surface area (Å²) in [5, 5.41) is 10.8. The lowest BCUT2D eigenvalue weighted by Gasteiger charge is -2.28. The van der Waals surface area contributed by atoms with Gasteiger partial charge in [0.2, 0.25) is 5.88 Å². The summed E-state index contributed by atoms with van der Waals surface area (Å²) in [6.07, 6.45) is 2.80. The number of non-ortho nitro benzene ring substituents is 1. The Bertz CT molecular complexity index is 864. The second-order valence-electron chi connectivity index (χ2n) is 7.42. The highest BCUT2D eigenvalue weighted by atomic mass is 16.6. The molecule has 27 heavy (non-hydrogen) atoms. The molecule has 1 fully saturated rings. The van der Waals surface area contributed by atoms with Crippen molar-refractivity contribution in [2.45, 2.75) is 45.3 Å². The van der Waals surface area contributed by atoms with Crippen molar-refractivity contribution in [3.8, 4) is 5.88 Å². The van der Waals surface area contributed by atoms with Crippen molar-refractivity contribution in [2.24, 2.45) is 0 Å². The number of rotatable bonds is 4. The van der Waals surface area contributed by atoms with E-state index in [1.807, 2.05) is 20.8 Å². The van der Waals surface area contributed by atoms with Gasteiger partial charge in [-0.15, -0.1) is 0 Å². The summed E-state index contributed by atoms with van der Waals surface area (Å²) in [7, 11) is 0. The lowest BCUT2D eigenvalue weighted by molar-refractivity contribution is -0.384. The summed E-state index contributed by atoms with van der Waals surface area (Å²) in [5.74, 6) is 0.312. The van der Waals surface area contributed by atoms with E-state index in [2.05, 4.69) is 9.97 Å². The first kappa shape index (κ1) is 18.8. The van der Waals surface area contributed by atoms with Gasteiger partial charge in [-0.3, -0.25) is 10.1 Å².